The first-order chi connectivity index (χ1) is 19.0. The number of likely N-dealkylation sites (tertiary alicyclic amines) is 1. The van der Waals surface area contributed by atoms with Gasteiger partial charge in [-0.3, -0.25) is 19.9 Å². The minimum Gasteiger partial charge on any atom is -0.343 e. The van der Waals surface area contributed by atoms with Gasteiger partial charge in [0.15, 0.2) is 5.69 Å². The first kappa shape index (κ1) is 27.5. The number of nitro groups is 1. The first-order valence-corrected chi connectivity index (χ1v) is 13.0. The second-order valence-electron chi connectivity index (χ2n) is 9.79. The van der Waals surface area contributed by atoms with Crippen LogP contribution in [0.3, 0.4) is 0 Å². The monoisotopic (exact) mass is 568 g/mol. The Kier molecular flexibility index (Phi) is 7.22. The molecular formula is C29H24ClF3N4O3. The second-order valence-corrected chi connectivity index (χ2v) is 10.2. The zero-order valence-electron chi connectivity index (χ0n) is 21.4. The summed E-state index contributed by atoms with van der Waals surface area (Å²) in [5.74, 6) is -0.640. The van der Waals surface area contributed by atoms with Crippen molar-refractivity contribution in [3.05, 3.63) is 105 Å². The number of hydrogen-bond donors (Lipinski definition) is 0. The van der Waals surface area contributed by atoms with Crippen LogP contribution in [0.4, 0.5) is 13.2 Å². The molecule has 206 valence electrons. The SMILES string of the molecule is CC(=O)N1CCC(C(c2cccnc2)(c2ccc3nc(C(F)(F)F)c(-c4ccccc4)c(Cl)c3c2)[N+](=O)[O-])CC1. The van der Waals surface area contributed by atoms with Crippen LogP contribution in [0.2, 0.25) is 5.02 Å². The van der Waals surface area contributed by atoms with Crippen molar-refractivity contribution in [1.82, 2.24) is 14.9 Å². The summed E-state index contributed by atoms with van der Waals surface area (Å²) < 4.78 is 42.4. The number of carbonyl (C=O) groups is 1. The highest BCUT2D eigenvalue weighted by atomic mass is 35.5. The Morgan fingerprint density at radius 1 is 1.05 bits per heavy atom. The fourth-order valence-corrected chi connectivity index (χ4v) is 6.08. The number of aromatic nitrogens is 2. The van der Waals surface area contributed by atoms with Crippen LogP contribution in [0.1, 0.15) is 36.6 Å². The molecule has 0 radical (unpaired) electrons. The van der Waals surface area contributed by atoms with Crippen molar-refractivity contribution in [3.8, 4) is 11.1 Å². The van der Waals surface area contributed by atoms with Gasteiger partial charge in [0.2, 0.25) is 5.91 Å². The number of carbonyl (C=O) groups excluding carboxylic acids is 1. The molecule has 1 saturated heterocycles. The maximum absolute atomic E-state index is 14.1. The van der Waals surface area contributed by atoms with Crippen molar-refractivity contribution < 1.29 is 22.9 Å². The van der Waals surface area contributed by atoms with Crippen LogP contribution in [0, 0.1) is 16.0 Å². The Balaban J connectivity index is 1.77. The van der Waals surface area contributed by atoms with E-state index < -0.39 is 23.3 Å². The second kappa shape index (κ2) is 10.5. The molecule has 1 amide bonds. The summed E-state index contributed by atoms with van der Waals surface area (Å²) in [6.07, 6.45) is -1.14. The third-order valence-electron chi connectivity index (χ3n) is 7.61. The van der Waals surface area contributed by atoms with E-state index in [1.54, 1.807) is 35.2 Å². The summed E-state index contributed by atoms with van der Waals surface area (Å²) in [5, 5.41) is 13.1. The lowest BCUT2D eigenvalue weighted by Crippen LogP contribution is -2.49. The van der Waals surface area contributed by atoms with Gasteiger partial charge < -0.3 is 4.90 Å². The van der Waals surface area contributed by atoms with Gasteiger partial charge in [0, 0.05) is 59.8 Å². The van der Waals surface area contributed by atoms with Gasteiger partial charge in [0.25, 0.3) is 5.54 Å². The largest absolute Gasteiger partial charge is 0.434 e. The van der Waals surface area contributed by atoms with Gasteiger partial charge in [-0.15, -0.1) is 0 Å². The zero-order chi connectivity index (χ0) is 28.7. The van der Waals surface area contributed by atoms with Crippen molar-refractivity contribution in [2.45, 2.75) is 31.5 Å². The minimum absolute atomic E-state index is 0.0319. The molecule has 11 heteroatoms. The van der Waals surface area contributed by atoms with Crippen molar-refractivity contribution >= 4 is 28.4 Å². The topological polar surface area (TPSA) is 89.2 Å². The van der Waals surface area contributed by atoms with Crippen molar-refractivity contribution in [3.63, 3.8) is 0 Å². The summed E-state index contributed by atoms with van der Waals surface area (Å²) in [7, 11) is 0. The van der Waals surface area contributed by atoms with E-state index in [2.05, 4.69) is 9.97 Å². The molecule has 40 heavy (non-hydrogen) atoms. The van der Waals surface area contributed by atoms with E-state index in [-0.39, 0.29) is 43.4 Å². The number of halogens is 4. The zero-order valence-corrected chi connectivity index (χ0v) is 22.1. The lowest BCUT2D eigenvalue weighted by Gasteiger charge is -2.39. The van der Waals surface area contributed by atoms with E-state index in [4.69, 9.17) is 11.6 Å². The summed E-state index contributed by atoms with van der Waals surface area (Å²) in [6, 6.07) is 15.4. The van der Waals surface area contributed by atoms with Gasteiger partial charge in [-0.05, 0) is 48.7 Å². The molecule has 1 unspecified atom stereocenters. The number of rotatable bonds is 5. The van der Waals surface area contributed by atoms with E-state index in [1.165, 1.54) is 49.6 Å². The molecule has 0 spiro atoms. The predicted octanol–water partition coefficient (Wildman–Crippen LogP) is 6.75. The Morgan fingerprint density at radius 3 is 2.33 bits per heavy atom. The lowest BCUT2D eigenvalue weighted by molar-refractivity contribution is -0.578. The number of nitrogens with zero attached hydrogens (tertiary/aromatic N) is 4. The van der Waals surface area contributed by atoms with Crippen molar-refractivity contribution in [1.29, 1.82) is 0 Å². The predicted molar refractivity (Wildman–Crippen MR) is 144 cm³/mol. The number of hydrogen-bond acceptors (Lipinski definition) is 5. The van der Waals surface area contributed by atoms with Gasteiger partial charge in [-0.1, -0.05) is 41.9 Å². The van der Waals surface area contributed by atoms with E-state index in [9.17, 15) is 28.1 Å². The molecule has 7 nitrogen and oxygen atoms in total. The molecule has 2 aromatic heterocycles. The first-order valence-electron chi connectivity index (χ1n) is 12.6. The van der Waals surface area contributed by atoms with E-state index in [0.29, 0.717) is 31.5 Å². The maximum Gasteiger partial charge on any atom is 0.434 e. The number of pyridine rings is 2. The van der Waals surface area contributed by atoms with Gasteiger partial charge in [-0.2, -0.15) is 13.2 Å². The molecule has 1 aliphatic rings. The van der Waals surface area contributed by atoms with Crippen LogP contribution in [0.15, 0.2) is 73.1 Å². The van der Waals surface area contributed by atoms with Crippen LogP contribution in [0.25, 0.3) is 22.0 Å². The molecule has 0 saturated carbocycles. The number of benzene rings is 2. The highest BCUT2D eigenvalue weighted by Gasteiger charge is 2.54. The van der Waals surface area contributed by atoms with Crippen LogP contribution in [0.5, 0.6) is 0 Å². The minimum atomic E-state index is -4.79. The standard InChI is InChI=1S/C29H24ClF3N4O3/c1-18(38)36-14-11-20(12-15-36)28(37(39)40,22-8-5-13-34-17-22)21-9-10-24-23(16-21)26(30)25(19-6-3-2-4-7-19)27(35-24)29(31,32)33/h2-10,13,16-17,20H,11-12,14-15H2,1H3. The van der Waals surface area contributed by atoms with E-state index in [0.717, 1.165) is 0 Å². The number of piperidine rings is 1. The third kappa shape index (κ3) is 4.66. The van der Waals surface area contributed by atoms with Crippen LogP contribution in [-0.2, 0) is 16.5 Å². The molecule has 2 aromatic carbocycles. The van der Waals surface area contributed by atoms with E-state index in [1.807, 2.05) is 0 Å². The van der Waals surface area contributed by atoms with Gasteiger partial charge >= 0.3 is 6.18 Å². The Morgan fingerprint density at radius 2 is 1.75 bits per heavy atom. The number of fused-ring (bicyclic) bond motifs is 1. The molecule has 1 atom stereocenters. The van der Waals surface area contributed by atoms with Crippen molar-refractivity contribution in [2.75, 3.05) is 13.1 Å². The third-order valence-corrected chi connectivity index (χ3v) is 8.01. The van der Waals surface area contributed by atoms with E-state index >= 15 is 0 Å². The molecule has 1 fully saturated rings. The summed E-state index contributed by atoms with van der Waals surface area (Å²) in [6.45, 7) is 2.15. The number of alkyl halides is 3. The quantitative estimate of drug-likeness (QED) is 0.196. The van der Waals surface area contributed by atoms with Crippen LogP contribution >= 0.6 is 11.6 Å². The molecule has 0 N–H and O–H groups in total. The summed E-state index contributed by atoms with van der Waals surface area (Å²) in [4.78, 5) is 34.4. The van der Waals surface area contributed by atoms with Crippen LogP contribution < -0.4 is 0 Å². The smallest absolute Gasteiger partial charge is 0.343 e. The van der Waals surface area contributed by atoms with Gasteiger partial charge in [0.1, 0.15) is 0 Å². The molecule has 4 aromatic rings. The maximum atomic E-state index is 14.1. The average molecular weight is 569 g/mol. The molecule has 3 heterocycles. The summed E-state index contributed by atoms with van der Waals surface area (Å²) >= 11 is 6.71. The molecule has 5 rings (SSSR count). The fraction of sp³-hybridized carbons (Fsp3) is 0.276. The average Bonchev–Trinajstić information content (AvgIpc) is 2.94. The van der Waals surface area contributed by atoms with Crippen LogP contribution in [-0.4, -0.2) is 38.8 Å². The molecule has 1 aliphatic heterocycles. The lowest BCUT2D eigenvalue weighted by atomic mass is 9.69. The number of amides is 1. The van der Waals surface area contributed by atoms with Gasteiger partial charge in [-0.25, -0.2) is 4.98 Å². The Hall–Kier alpha value is -4.05. The molecule has 0 bridgehead atoms. The molecular weight excluding hydrogens is 545 g/mol. The summed E-state index contributed by atoms with van der Waals surface area (Å²) in [5.41, 5.74) is -2.43. The fourth-order valence-electron chi connectivity index (χ4n) is 5.73. The Labute approximate surface area is 232 Å². The highest BCUT2D eigenvalue weighted by molar-refractivity contribution is 6.38. The van der Waals surface area contributed by atoms with Gasteiger partial charge in [0.05, 0.1) is 16.1 Å². The van der Waals surface area contributed by atoms with Crippen molar-refractivity contribution in [2.24, 2.45) is 5.92 Å². The molecule has 0 aliphatic carbocycles. The normalized spacial score (nSPS) is 16.1. The Bertz CT molecular complexity index is 1580. The highest BCUT2D eigenvalue weighted by Crippen LogP contribution is 2.47.